The molecule has 13 heteroatoms. The van der Waals surface area contributed by atoms with Crippen LogP contribution in [0.3, 0.4) is 0 Å². The van der Waals surface area contributed by atoms with Gasteiger partial charge in [-0.2, -0.15) is 0 Å². The van der Waals surface area contributed by atoms with E-state index in [0.29, 0.717) is 17.1 Å². The van der Waals surface area contributed by atoms with Crippen LogP contribution in [0.15, 0.2) is 236 Å². The highest BCUT2D eigenvalue weighted by Crippen LogP contribution is 2.44. The van der Waals surface area contributed by atoms with E-state index in [-0.39, 0.29) is 5.28 Å². The van der Waals surface area contributed by atoms with Gasteiger partial charge in [0, 0.05) is 55.5 Å². The Morgan fingerprint density at radius 2 is 0.747 bits per heavy atom. The van der Waals surface area contributed by atoms with E-state index in [4.69, 9.17) is 39.2 Å². The molecule has 12 nitrogen and oxygen atoms in total. The Balaban J connectivity index is 0.000000109. The zero-order valence-electron chi connectivity index (χ0n) is 41.4. The zero-order chi connectivity index (χ0) is 52.1. The number of halogens is 1. The van der Waals surface area contributed by atoms with E-state index in [2.05, 4.69) is 90.2 Å². The molecule has 0 atom stereocenters. The van der Waals surface area contributed by atoms with Crippen LogP contribution in [0.2, 0.25) is 5.28 Å². The number of rotatable bonds is 3. The number of para-hydroxylation sites is 4. The van der Waals surface area contributed by atoms with Crippen LogP contribution in [-0.4, -0.2) is 39.5 Å². The van der Waals surface area contributed by atoms with E-state index in [0.717, 1.165) is 143 Å². The average Bonchev–Trinajstić information content (AvgIpc) is 4.51. The first-order valence-corrected chi connectivity index (χ1v) is 26.0. The van der Waals surface area contributed by atoms with Gasteiger partial charge in [0.05, 0.1) is 33.5 Å². The number of H-pyrrole nitrogens is 1. The van der Waals surface area contributed by atoms with Crippen LogP contribution < -0.4 is 0 Å². The van der Waals surface area contributed by atoms with Gasteiger partial charge in [-0.15, -0.1) is 0 Å². The second-order valence-corrected chi connectivity index (χ2v) is 19.5. The molecule has 0 spiro atoms. The van der Waals surface area contributed by atoms with Crippen LogP contribution in [0.1, 0.15) is 0 Å². The number of hydrogen-bond donors (Lipinski definition) is 1. The second kappa shape index (κ2) is 17.7. The molecule has 0 amide bonds. The van der Waals surface area contributed by atoms with Crippen molar-refractivity contribution in [3.63, 3.8) is 0 Å². The van der Waals surface area contributed by atoms with Crippen molar-refractivity contribution in [2.75, 3.05) is 0 Å². The van der Waals surface area contributed by atoms with Crippen molar-refractivity contribution in [3.05, 3.63) is 224 Å². The molecule has 18 rings (SSSR count). The fourth-order valence-corrected chi connectivity index (χ4v) is 11.3. The Bertz CT molecular complexity index is 5250. The largest absolute Gasteiger partial charge is 0.450 e. The van der Waals surface area contributed by atoms with E-state index in [1.54, 1.807) is 12.4 Å². The van der Waals surface area contributed by atoms with Crippen LogP contribution >= 0.6 is 11.6 Å². The predicted octanol–water partition coefficient (Wildman–Crippen LogP) is 17.7. The number of nitrogens with one attached hydrogen (secondary N) is 1. The van der Waals surface area contributed by atoms with Gasteiger partial charge in [-0.1, -0.05) is 121 Å². The number of aromatic amines is 1. The van der Waals surface area contributed by atoms with E-state index in [9.17, 15) is 0 Å². The minimum absolute atomic E-state index is 0.236. The smallest absolute Gasteiger partial charge is 0.236 e. The van der Waals surface area contributed by atoms with Crippen molar-refractivity contribution in [2.24, 2.45) is 0 Å². The summed E-state index contributed by atoms with van der Waals surface area (Å²) in [6.45, 7) is 0. The number of fused-ring (bicyclic) bond motifs is 20. The molecule has 372 valence electrons. The minimum Gasteiger partial charge on any atom is -0.450 e. The number of furan rings is 4. The summed E-state index contributed by atoms with van der Waals surface area (Å²) in [5.41, 5.74) is 14.9. The second-order valence-electron chi connectivity index (χ2n) is 19.1. The first kappa shape index (κ1) is 44.6. The molecule has 18 aromatic rings. The van der Waals surface area contributed by atoms with Gasteiger partial charge in [0.15, 0.2) is 22.3 Å². The van der Waals surface area contributed by atoms with Gasteiger partial charge in [0.2, 0.25) is 11.2 Å². The highest BCUT2D eigenvalue weighted by atomic mass is 35.5. The van der Waals surface area contributed by atoms with Crippen molar-refractivity contribution in [1.29, 1.82) is 0 Å². The summed E-state index contributed by atoms with van der Waals surface area (Å²) in [4.78, 5) is 31.7. The van der Waals surface area contributed by atoms with E-state index in [1.807, 2.05) is 146 Å². The summed E-state index contributed by atoms with van der Waals surface area (Å²) in [6.07, 6.45) is 3.54. The molecule has 0 radical (unpaired) electrons. The first-order chi connectivity index (χ1) is 39.1. The van der Waals surface area contributed by atoms with E-state index in [1.165, 1.54) is 0 Å². The molecule has 0 aliphatic heterocycles. The fraction of sp³-hybridized carbons (Fsp3) is 0. The summed E-state index contributed by atoms with van der Waals surface area (Å²) in [7, 11) is 0. The van der Waals surface area contributed by atoms with Crippen LogP contribution in [0.4, 0.5) is 0 Å². The van der Waals surface area contributed by atoms with Crippen molar-refractivity contribution >= 4 is 143 Å². The highest BCUT2D eigenvalue weighted by Gasteiger charge is 2.27. The molecule has 8 aromatic carbocycles. The molecule has 0 saturated carbocycles. The molecule has 1 N–H and O–H groups in total. The molecule has 10 heterocycles. The van der Waals surface area contributed by atoms with Crippen molar-refractivity contribution in [2.45, 2.75) is 0 Å². The van der Waals surface area contributed by atoms with Gasteiger partial charge in [-0.25, -0.2) is 19.9 Å². The lowest BCUT2D eigenvalue weighted by molar-refractivity contribution is 0.634. The van der Waals surface area contributed by atoms with Gasteiger partial charge in [0.1, 0.15) is 44.8 Å². The maximum atomic E-state index is 6.39. The zero-order valence-corrected chi connectivity index (χ0v) is 42.2. The Morgan fingerprint density at radius 1 is 0.342 bits per heavy atom. The van der Waals surface area contributed by atoms with Crippen molar-refractivity contribution in [3.8, 4) is 28.7 Å². The lowest BCUT2D eigenvalue weighted by atomic mass is 10.0. The maximum Gasteiger partial charge on any atom is 0.236 e. The lowest BCUT2D eigenvalue weighted by Gasteiger charge is -2.12. The van der Waals surface area contributed by atoms with Crippen LogP contribution in [0.25, 0.3) is 160 Å². The third-order valence-electron chi connectivity index (χ3n) is 14.6. The first-order valence-electron chi connectivity index (χ1n) is 25.6. The highest BCUT2D eigenvalue weighted by molar-refractivity contribution is 6.29. The van der Waals surface area contributed by atoms with Gasteiger partial charge in [-0.3, -0.25) is 14.5 Å². The van der Waals surface area contributed by atoms with E-state index < -0.39 is 0 Å². The fourth-order valence-electron chi connectivity index (χ4n) is 11.1. The van der Waals surface area contributed by atoms with Crippen LogP contribution in [-0.2, 0) is 0 Å². The molecular weight excluding hydrogens is 1000 g/mol. The maximum absolute atomic E-state index is 6.39. The van der Waals surface area contributed by atoms with Crippen LogP contribution in [0.5, 0.6) is 0 Å². The topological polar surface area (TPSA) is 151 Å². The molecule has 0 aliphatic carbocycles. The lowest BCUT2D eigenvalue weighted by Crippen LogP contribution is -2.04. The molecule has 0 fully saturated rings. The number of pyridine rings is 2. The van der Waals surface area contributed by atoms with Gasteiger partial charge >= 0.3 is 0 Å². The van der Waals surface area contributed by atoms with Gasteiger partial charge in [-0.05, 0) is 107 Å². The van der Waals surface area contributed by atoms with Crippen molar-refractivity contribution < 1.29 is 17.7 Å². The summed E-state index contributed by atoms with van der Waals surface area (Å²) in [5, 5.41) is 10.6. The Kier molecular flexibility index (Phi) is 9.99. The molecule has 0 unspecified atom stereocenters. The molecule has 0 aliphatic rings. The number of benzene rings is 8. The van der Waals surface area contributed by atoms with Crippen molar-refractivity contribution in [1.82, 2.24) is 39.5 Å². The molecule has 0 saturated heterocycles. The molecule has 79 heavy (non-hydrogen) atoms. The molecule has 10 aromatic heterocycles. The summed E-state index contributed by atoms with van der Waals surface area (Å²) >= 11 is 6.12. The quantitative estimate of drug-likeness (QED) is 0.134. The number of aromatic nitrogens is 8. The summed E-state index contributed by atoms with van der Waals surface area (Å²) < 4.78 is 26.7. The Morgan fingerprint density at radius 3 is 1.24 bits per heavy atom. The Hall–Kier alpha value is -10.7. The number of nitrogens with zero attached hydrogens (tertiary/aromatic N) is 7. The average molecular weight is 1040 g/mol. The third kappa shape index (κ3) is 7.08. The molecular formula is C66H37ClN8O4. The minimum atomic E-state index is 0.236. The monoisotopic (exact) mass is 1040 g/mol. The van der Waals surface area contributed by atoms with Gasteiger partial charge in [0.25, 0.3) is 0 Å². The van der Waals surface area contributed by atoms with Gasteiger partial charge < -0.3 is 22.7 Å². The Labute approximate surface area is 450 Å². The summed E-state index contributed by atoms with van der Waals surface area (Å²) in [5.74, 6) is 0.539. The SMILES string of the molecule is Clc1nc(-c2ccccn2)c2ccc3ccccc3c2n1.c1ccc(-c2nc(-n3c4c5ccccc5oc4c4oc5ccccc5c43)nc3c2ccc2ccccc23)nc1.c1ccc2c(c1)oc1c2[nH]c2c3ccccc3oc21. The normalized spacial score (nSPS) is 11.9. The summed E-state index contributed by atoms with van der Waals surface area (Å²) in [6, 6.07) is 68.4. The van der Waals surface area contributed by atoms with E-state index >= 15 is 0 Å². The third-order valence-corrected chi connectivity index (χ3v) is 14.8. The molecule has 0 bridgehead atoms. The number of hydrogen-bond acceptors (Lipinski definition) is 10. The standard InChI is InChI=1S/C33H18N4O2.C17H10ClN3.C16H9NO2/c1-2-10-20-19(9-1)16-17-23-27(20)35-33(36-28(23)24-13-7-8-18-34-24)37-29-21-11-3-5-14-25(21)38-31(29)32-30(37)22-12-4-6-15-26(22)39-32;18-17-20-15-12-6-2-1-5-11(12)8-9-13(15)16(21-17)14-7-3-4-10-19-14;1-3-7-11-9(5-1)13-15(18-11)16-14(17-13)10-6-2-4-8-12(10)19-16/h1-18H;1-10H;1-8,17H. The predicted molar refractivity (Wildman–Crippen MR) is 315 cm³/mol. The van der Waals surface area contributed by atoms with Crippen LogP contribution in [0, 0.1) is 0 Å².